The number of benzene rings is 2. The zero-order valence-corrected chi connectivity index (χ0v) is 15.2. The molecular weight excluding hydrogens is 320 g/mol. The Bertz CT molecular complexity index is 755. The smallest absolute Gasteiger partial charge is 0.312 e. The van der Waals surface area contributed by atoms with Gasteiger partial charge in [0, 0.05) is 0 Å². The second-order valence-electron chi connectivity index (χ2n) is 8.84. The van der Waals surface area contributed by atoms with Crippen molar-refractivity contribution in [3.63, 3.8) is 0 Å². The minimum absolute atomic E-state index is 0.0729. The van der Waals surface area contributed by atoms with Gasteiger partial charge in [-0.2, -0.15) is 0 Å². The van der Waals surface area contributed by atoms with Crippen molar-refractivity contribution >= 4 is 5.97 Å². The number of hydrogen-bond donors (Lipinski definition) is 0. The second-order valence-corrected chi connectivity index (χ2v) is 8.84. The van der Waals surface area contributed by atoms with Crippen molar-refractivity contribution in [1.82, 2.24) is 0 Å². The summed E-state index contributed by atoms with van der Waals surface area (Å²) in [6.07, 6.45) is 7.29. The largest absolute Gasteiger partial charge is 0.460 e. The molecule has 4 aliphatic carbocycles. The molecule has 4 fully saturated rings. The highest BCUT2D eigenvalue weighted by Crippen LogP contribution is 2.60. The molecule has 0 radical (unpaired) electrons. The van der Waals surface area contributed by atoms with E-state index in [4.69, 9.17) is 4.74 Å². The van der Waals surface area contributed by atoms with Gasteiger partial charge in [-0.3, -0.25) is 4.79 Å². The molecule has 134 valence electrons. The molecule has 4 saturated carbocycles. The predicted molar refractivity (Wildman–Crippen MR) is 102 cm³/mol. The van der Waals surface area contributed by atoms with Crippen LogP contribution in [-0.4, -0.2) is 5.97 Å². The van der Waals surface area contributed by atoms with Crippen molar-refractivity contribution in [3.8, 4) is 11.1 Å². The van der Waals surface area contributed by atoms with Crippen LogP contribution in [0.2, 0.25) is 0 Å². The Morgan fingerprint density at radius 2 is 1.35 bits per heavy atom. The molecule has 0 aliphatic heterocycles. The summed E-state index contributed by atoms with van der Waals surface area (Å²) in [5, 5.41) is 0. The molecule has 0 saturated heterocycles. The van der Waals surface area contributed by atoms with Crippen LogP contribution in [0.4, 0.5) is 0 Å². The van der Waals surface area contributed by atoms with Gasteiger partial charge in [0.2, 0.25) is 0 Å². The molecule has 0 aromatic heterocycles. The SMILES string of the molecule is O=C(OCc1ccc(-c2ccccc2)cc1)C12CC3CC(CC(C3)C1)C2. The zero-order valence-electron chi connectivity index (χ0n) is 15.2. The molecule has 0 atom stereocenters. The minimum Gasteiger partial charge on any atom is -0.460 e. The van der Waals surface area contributed by atoms with Gasteiger partial charge in [-0.1, -0.05) is 54.6 Å². The van der Waals surface area contributed by atoms with E-state index in [1.165, 1.54) is 30.4 Å². The van der Waals surface area contributed by atoms with Crippen LogP contribution in [-0.2, 0) is 16.1 Å². The van der Waals surface area contributed by atoms with E-state index in [1.54, 1.807) is 0 Å². The van der Waals surface area contributed by atoms with E-state index in [-0.39, 0.29) is 11.4 Å². The summed E-state index contributed by atoms with van der Waals surface area (Å²) >= 11 is 0. The Balaban J connectivity index is 1.24. The number of hydrogen-bond acceptors (Lipinski definition) is 2. The molecule has 2 aromatic carbocycles. The molecule has 0 unspecified atom stereocenters. The third kappa shape index (κ3) is 2.86. The topological polar surface area (TPSA) is 26.3 Å². The van der Waals surface area contributed by atoms with Crippen molar-refractivity contribution in [2.45, 2.75) is 45.1 Å². The molecule has 2 aromatic rings. The van der Waals surface area contributed by atoms with Crippen molar-refractivity contribution in [1.29, 1.82) is 0 Å². The summed E-state index contributed by atoms with van der Waals surface area (Å²) in [6, 6.07) is 18.7. The zero-order chi connectivity index (χ0) is 17.6. The van der Waals surface area contributed by atoms with Gasteiger partial charge in [0.05, 0.1) is 5.41 Å². The number of carbonyl (C=O) groups excluding carboxylic acids is 1. The quantitative estimate of drug-likeness (QED) is 0.672. The highest BCUT2D eigenvalue weighted by atomic mass is 16.5. The molecule has 0 heterocycles. The lowest BCUT2D eigenvalue weighted by Crippen LogP contribution is -2.50. The molecule has 4 aliphatic rings. The first-order valence-electron chi connectivity index (χ1n) is 10.0. The first kappa shape index (κ1) is 16.1. The van der Waals surface area contributed by atoms with E-state index in [9.17, 15) is 4.79 Å². The van der Waals surface area contributed by atoms with Gasteiger partial charge in [-0.25, -0.2) is 0 Å². The fourth-order valence-corrected chi connectivity index (χ4v) is 6.09. The monoisotopic (exact) mass is 346 g/mol. The van der Waals surface area contributed by atoms with Crippen LogP contribution in [0.5, 0.6) is 0 Å². The third-order valence-corrected chi connectivity index (χ3v) is 6.90. The van der Waals surface area contributed by atoms with E-state index in [0.717, 1.165) is 42.6 Å². The Morgan fingerprint density at radius 3 is 1.92 bits per heavy atom. The predicted octanol–water partition coefficient (Wildman–Crippen LogP) is 5.61. The molecule has 0 spiro atoms. The molecule has 6 rings (SSSR count). The summed E-state index contributed by atoms with van der Waals surface area (Å²) in [6.45, 7) is 0.398. The number of carbonyl (C=O) groups is 1. The number of ether oxygens (including phenoxy) is 1. The average Bonchev–Trinajstić information content (AvgIpc) is 2.66. The molecule has 4 bridgehead atoms. The average molecular weight is 346 g/mol. The Labute approximate surface area is 155 Å². The van der Waals surface area contributed by atoms with E-state index < -0.39 is 0 Å². The molecule has 0 amide bonds. The lowest BCUT2D eigenvalue weighted by Gasteiger charge is -2.55. The van der Waals surface area contributed by atoms with Gasteiger partial charge in [-0.05, 0) is 73.0 Å². The summed E-state index contributed by atoms with van der Waals surface area (Å²) in [5.41, 5.74) is 3.33. The lowest BCUT2D eigenvalue weighted by atomic mass is 9.49. The van der Waals surface area contributed by atoms with Crippen LogP contribution in [0, 0.1) is 23.2 Å². The van der Waals surface area contributed by atoms with Crippen LogP contribution in [0.1, 0.15) is 44.1 Å². The first-order chi connectivity index (χ1) is 12.7. The van der Waals surface area contributed by atoms with E-state index in [1.807, 2.05) is 6.07 Å². The number of esters is 1. The van der Waals surface area contributed by atoms with Gasteiger partial charge < -0.3 is 4.74 Å². The molecule has 26 heavy (non-hydrogen) atoms. The Hall–Kier alpha value is -2.09. The molecule has 2 heteroatoms. The fraction of sp³-hybridized carbons (Fsp3) is 0.458. The van der Waals surface area contributed by atoms with E-state index in [2.05, 4.69) is 48.5 Å². The summed E-state index contributed by atoms with van der Waals surface area (Å²) in [5.74, 6) is 2.40. The highest BCUT2D eigenvalue weighted by Gasteiger charge is 2.55. The Morgan fingerprint density at radius 1 is 0.808 bits per heavy atom. The summed E-state index contributed by atoms with van der Waals surface area (Å²) in [4.78, 5) is 12.9. The summed E-state index contributed by atoms with van der Waals surface area (Å²) < 4.78 is 5.82. The molecule has 2 nitrogen and oxygen atoms in total. The van der Waals surface area contributed by atoms with E-state index >= 15 is 0 Å². The maximum absolute atomic E-state index is 12.9. The third-order valence-electron chi connectivity index (χ3n) is 6.90. The van der Waals surface area contributed by atoms with Gasteiger partial charge in [0.25, 0.3) is 0 Å². The van der Waals surface area contributed by atoms with Crippen molar-refractivity contribution in [3.05, 3.63) is 60.2 Å². The summed E-state index contributed by atoms with van der Waals surface area (Å²) in [7, 11) is 0. The van der Waals surface area contributed by atoms with Gasteiger partial charge in [0.1, 0.15) is 6.61 Å². The van der Waals surface area contributed by atoms with Crippen LogP contribution >= 0.6 is 0 Å². The lowest BCUT2D eigenvalue weighted by molar-refractivity contribution is -0.172. The van der Waals surface area contributed by atoms with E-state index in [0.29, 0.717) is 6.61 Å². The van der Waals surface area contributed by atoms with Gasteiger partial charge in [0.15, 0.2) is 0 Å². The standard InChI is InChI=1S/C24H26O2/c25-23(24-13-18-10-19(14-24)12-20(11-18)15-24)26-16-17-6-8-22(9-7-17)21-4-2-1-3-5-21/h1-9,18-20H,10-16H2. The fourth-order valence-electron chi connectivity index (χ4n) is 6.09. The maximum Gasteiger partial charge on any atom is 0.312 e. The normalized spacial score (nSPS) is 31.8. The van der Waals surface area contributed by atoms with Gasteiger partial charge in [-0.15, -0.1) is 0 Å². The molecular formula is C24H26O2. The van der Waals surface area contributed by atoms with Crippen molar-refractivity contribution in [2.24, 2.45) is 23.2 Å². The molecule has 0 N–H and O–H groups in total. The Kier molecular flexibility index (Phi) is 3.88. The second kappa shape index (κ2) is 6.26. The first-order valence-corrected chi connectivity index (χ1v) is 10.0. The number of rotatable bonds is 4. The van der Waals surface area contributed by atoms with Crippen LogP contribution in [0.25, 0.3) is 11.1 Å². The van der Waals surface area contributed by atoms with Crippen LogP contribution in [0.15, 0.2) is 54.6 Å². The maximum atomic E-state index is 12.9. The van der Waals surface area contributed by atoms with Crippen LogP contribution in [0.3, 0.4) is 0 Å². The van der Waals surface area contributed by atoms with Crippen LogP contribution < -0.4 is 0 Å². The van der Waals surface area contributed by atoms with Gasteiger partial charge >= 0.3 is 5.97 Å². The highest BCUT2D eigenvalue weighted by molar-refractivity contribution is 5.77. The van der Waals surface area contributed by atoms with Crippen molar-refractivity contribution < 1.29 is 9.53 Å². The minimum atomic E-state index is -0.154. The van der Waals surface area contributed by atoms with Crippen molar-refractivity contribution in [2.75, 3.05) is 0 Å².